The highest BCUT2D eigenvalue weighted by molar-refractivity contribution is 6.48. The Morgan fingerprint density at radius 1 is 1.16 bits per heavy atom. The number of fused-ring (bicyclic) bond motifs is 1. The highest BCUT2D eigenvalue weighted by atomic mass is 28.3. The van der Waals surface area contributed by atoms with Gasteiger partial charge in [0, 0.05) is 14.2 Å². The zero-order valence-electron chi connectivity index (χ0n) is 11.3. The molecular formula is C16H18O2Si. The predicted molar refractivity (Wildman–Crippen MR) is 80.2 cm³/mol. The molecule has 3 heteroatoms. The average Bonchev–Trinajstić information content (AvgIpc) is 3.07. The van der Waals surface area contributed by atoms with Crippen molar-refractivity contribution in [3.05, 3.63) is 64.8 Å². The minimum atomic E-state index is -1.73. The van der Waals surface area contributed by atoms with Gasteiger partial charge < -0.3 is 8.85 Å². The van der Waals surface area contributed by atoms with Gasteiger partial charge in [0.15, 0.2) is 0 Å². The highest BCUT2D eigenvalue weighted by Gasteiger charge is 2.36. The Bertz CT molecular complexity index is 568. The number of rotatable bonds is 4. The molecule has 0 N–H and O–H groups in total. The summed E-state index contributed by atoms with van der Waals surface area (Å²) in [7, 11) is 1.80. The van der Waals surface area contributed by atoms with E-state index in [1.807, 2.05) is 0 Å². The lowest BCUT2D eigenvalue weighted by Gasteiger charge is -2.23. The normalized spacial score (nSPS) is 20.7. The molecule has 1 unspecified atom stereocenters. The van der Waals surface area contributed by atoms with E-state index in [1.54, 1.807) is 14.2 Å². The molecule has 98 valence electrons. The van der Waals surface area contributed by atoms with Crippen molar-refractivity contribution in [2.24, 2.45) is 0 Å². The molecular weight excluding hydrogens is 252 g/mol. The van der Waals surface area contributed by atoms with Crippen LogP contribution < -0.4 is 0 Å². The summed E-state index contributed by atoms with van der Waals surface area (Å²) in [5, 5.41) is 0. The van der Waals surface area contributed by atoms with Crippen LogP contribution in [0.4, 0.5) is 0 Å². The zero-order chi connectivity index (χ0) is 13.2. The number of benzene rings is 1. The molecule has 0 aromatic heterocycles. The van der Waals surface area contributed by atoms with Gasteiger partial charge in [-0.2, -0.15) is 0 Å². The Morgan fingerprint density at radius 2 is 1.95 bits per heavy atom. The summed E-state index contributed by atoms with van der Waals surface area (Å²) in [5.41, 5.74) is 5.74. The Kier molecular flexibility index (Phi) is 3.51. The second-order valence-corrected chi connectivity index (χ2v) is 7.22. The van der Waals surface area contributed by atoms with E-state index in [2.05, 4.69) is 48.6 Å². The smallest absolute Gasteiger partial charge is 0.333 e. The first-order valence-corrected chi connectivity index (χ1v) is 8.18. The monoisotopic (exact) mass is 270 g/mol. The lowest BCUT2D eigenvalue weighted by atomic mass is 10.0. The first-order valence-electron chi connectivity index (χ1n) is 6.57. The molecule has 0 bridgehead atoms. The predicted octanol–water partition coefficient (Wildman–Crippen LogP) is 3.11. The third-order valence-corrected chi connectivity index (χ3v) is 6.05. The quantitative estimate of drug-likeness (QED) is 0.783. The maximum atomic E-state index is 5.66. The molecule has 1 aromatic carbocycles. The van der Waals surface area contributed by atoms with Gasteiger partial charge in [0.05, 0.1) is 5.54 Å². The molecule has 0 fully saturated rings. The van der Waals surface area contributed by atoms with E-state index in [0.717, 1.165) is 6.42 Å². The molecule has 2 aliphatic rings. The molecule has 3 rings (SSSR count). The lowest BCUT2D eigenvalue weighted by Crippen LogP contribution is -2.29. The SMILES string of the molecule is CO[SiH](OC)C1C(C2=CC=CC2)=Cc2ccccc21. The number of hydrogen-bond acceptors (Lipinski definition) is 2. The Morgan fingerprint density at radius 3 is 2.63 bits per heavy atom. The Labute approximate surface area is 115 Å². The van der Waals surface area contributed by atoms with Crippen molar-refractivity contribution in [1.29, 1.82) is 0 Å². The standard InChI is InChI=1S/C16H18O2Si/c1-17-19(18-2)16-14-10-6-5-9-13(14)11-15(16)12-7-3-4-8-12/h3-7,9-11,16,19H,8H2,1-2H3. The Hall–Kier alpha value is -1.42. The van der Waals surface area contributed by atoms with Crippen molar-refractivity contribution < 1.29 is 8.85 Å². The van der Waals surface area contributed by atoms with Crippen LogP contribution in [0.15, 0.2) is 53.6 Å². The van der Waals surface area contributed by atoms with Gasteiger partial charge in [-0.25, -0.2) is 0 Å². The Balaban J connectivity index is 2.03. The topological polar surface area (TPSA) is 18.5 Å². The van der Waals surface area contributed by atoms with Crippen LogP contribution in [0.3, 0.4) is 0 Å². The number of hydrogen-bond donors (Lipinski definition) is 0. The van der Waals surface area contributed by atoms with Gasteiger partial charge in [-0.15, -0.1) is 0 Å². The first-order chi connectivity index (χ1) is 9.35. The van der Waals surface area contributed by atoms with Crippen LogP contribution in [0, 0.1) is 0 Å². The van der Waals surface area contributed by atoms with Gasteiger partial charge in [-0.3, -0.25) is 0 Å². The van der Waals surface area contributed by atoms with Gasteiger partial charge in [-0.05, 0) is 28.7 Å². The van der Waals surface area contributed by atoms with Gasteiger partial charge in [0.1, 0.15) is 0 Å². The van der Waals surface area contributed by atoms with Crippen LogP contribution in [0.1, 0.15) is 23.1 Å². The highest BCUT2D eigenvalue weighted by Crippen LogP contribution is 2.43. The molecule has 0 amide bonds. The summed E-state index contributed by atoms with van der Waals surface area (Å²) in [6, 6.07) is 8.56. The van der Waals surface area contributed by atoms with Crippen LogP contribution in [-0.2, 0) is 8.85 Å². The van der Waals surface area contributed by atoms with Crippen LogP contribution >= 0.6 is 0 Å². The minimum absolute atomic E-state index is 0.303. The first kappa shape index (κ1) is 12.6. The molecule has 0 radical (unpaired) electrons. The second-order valence-electron chi connectivity index (χ2n) is 4.87. The molecule has 0 heterocycles. The summed E-state index contributed by atoms with van der Waals surface area (Å²) in [5.74, 6) is 0. The third kappa shape index (κ3) is 2.14. The lowest BCUT2D eigenvalue weighted by molar-refractivity contribution is 0.271. The third-order valence-electron chi connectivity index (χ3n) is 3.86. The molecule has 1 aromatic rings. The summed E-state index contributed by atoms with van der Waals surface area (Å²) < 4.78 is 11.3. The van der Waals surface area contributed by atoms with Gasteiger partial charge in [-0.1, -0.05) is 48.6 Å². The molecule has 0 saturated heterocycles. The van der Waals surface area contributed by atoms with E-state index in [4.69, 9.17) is 8.85 Å². The van der Waals surface area contributed by atoms with Crippen LogP contribution in [0.25, 0.3) is 6.08 Å². The maximum Gasteiger partial charge on any atom is 0.333 e. The van der Waals surface area contributed by atoms with E-state index >= 15 is 0 Å². The summed E-state index contributed by atoms with van der Waals surface area (Å²) in [6.07, 6.45) is 9.86. The van der Waals surface area contributed by atoms with Crippen molar-refractivity contribution in [2.45, 2.75) is 12.0 Å². The van der Waals surface area contributed by atoms with Crippen molar-refractivity contribution >= 4 is 15.4 Å². The molecule has 2 aliphatic carbocycles. The summed E-state index contributed by atoms with van der Waals surface area (Å²) >= 11 is 0. The summed E-state index contributed by atoms with van der Waals surface area (Å²) in [4.78, 5) is 0. The fraction of sp³-hybridized carbons (Fsp3) is 0.250. The van der Waals surface area contributed by atoms with Crippen molar-refractivity contribution in [2.75, 3.05) is 14.2 Å². The zero-order valence-corrected chi connectivity index (χ0v) is 12.5. The van der Waals surface area contributed by atoms with E-state index in [1.165, 1.54) is 22.3 Å². The van der Waals surface area contributed by atoms with Gasteiger partial charge in [0.25, 0.3) is 0 Å². The fourth-order valence-corrected chi connectivity index (χ4v) is 4.90. The molecule has 19 heavy (non-hydrogen) atoms. The molecule has 0 saturated carbocycles. The molecule has 0 aliphatic heterocycles. The van der Waals surface area contributed by atoms with E-state index < -0.39 is 9.28 Å². The van der Waals surface area contributed by atoms with E-state index in [0.29, 0.717) is 5.54 Å². The maximum absolute atomic E-state index is 5.66. The van der Waals surface area contributed by atoms with Crippen LogP contribution in [0.2, 0.25) is 0 Å². The van der Waals surface area contributed by atoms with Gasteiger partial charge in [0.2, 0.25) is 0 Å². The van der Waals surface area contributed by atoms with E-state index in [9.17, 15) is 0 Å². The second kappa shape index (κ2) is 5.29. The summed E-state index contributed by atoms with van der Waals surface area (Å²) in [6.45, 7) is 0. The number of allylic oxidation sites excluding steroid dienone is 5. The molecule has 1 atom stereocenters. The van der Waals surface area contributed by atoms with Crippen molar-refractivity contribution in [3.63, 3.8) is 0 Å². The van der Waals surface area contributed by atoms with Gasteiger partial charge >= 0.3 is 9.28 Å². The van der Waals surface area contributed by atoms with Crippen molar-refractivity contribution in [3.8, 4) is 0 Å². The molecule has 0 spiro atoms. The van der Waals surface area contributed by atoms with E-state index in [-0.39, 0.29) is 0 Å². The molecule has 2 nitrogen and oxygen atoms in total. The average molecular weight is 270 g/mol. The van der Waals surface area contributed by atoms with Crippen molar-refractivity contribution in [1.82, 2.24) is 0 Å². The van der Waals surface area contributed by atoms with Crippen LogP contribution in [-0.4, -0.2) is 23.5 Å². The minimum Gasteiger partial charge on any atom is -0.399 e. The fourth-order valence-electron chi connectivity index (χ4n) is 2.97. The van der Waals surface area contributed by atoms with Crippen LogP contribution in [0.5, 0.6) is 0 Å². The largest absolute Gasteiger partial charge is 0.399 e.